The predicted octanol–water partition coefficient (Wildman–Crippen LogP) is -1.10. The first kappa shape index (κ1) is 11.5. The van der Waals surface area contributed by atoms with Gasteiger partial charge in [0.25, 0.3) is 0 Å². The highest BCUT2D eigenvalue weighted by molar-refractivity contribution is 7.52. The normalized spacial score (nSPS) is 43.5. The fraction of sp³-hybridized carbons (Fsp3) is 1.00. The molecular weight excluding hydrogens is 215 g/mol. The lowest BCUT2D eigenvalue weighted by molar-refractivity contribution is 0.238. The van der Waals surface area contributed by atoms with Crippen LogP contribution in [0.15, 0.2) is 0 Å². The highest BCUT2D eigenvalue weighted by atomic mass is 31.2. The highest BCUT2D eigenvalue weighted by Gasteiger charge is 2.36. The molecule has 6 nitrogen and oxygen atoms in total. The summed E-state index contributed by atoms with van der Waals surface area (Å²) < 4.78 is 15.7. The molecule has 0 aromatic carbocycles. The van der Waals surface area contributed by atoms with Crippen LogP contribution >= 0.6 is 7.67 Å². The Morgan fingerprint density at radius 2 is 1.20 bits per heavy atom. The van der Waals surface area contributed by atoms with E-state index < -0.39 is 7.67 Å². The van der Waals surface area contributed by atoms with Gasteiger partial charge in [-0.2, -0.15) is 0 Å². The van der Waals surface area contributed by atoms with Crippen LogP contribution in [0.3, 0.4) is 0 Å². The van der Waals surface area contributed by atoms with Gasteiger partial charge < -0.3 is 15.5 Å². The first-order chi connectivity index (χ1) is 7.21. The largest absolute Gasteiger partial charge is 0.343 e. The number of hydrogen-bond donors (Lipinski definition) is 3. The van der Waals surface area contributed by atoms with Crippen molar-refractivity contribution in [2.24, 2.45) is 0 Å². The van der Waals surface area contributed by atoms with Gasteiger partial charge in [0, 0.05) is 52.4 Å². The van der Waals surface area contributed by atoms with E-state index in [0.717, 1.165) is 26.2 Å². The molecule has 2 saturated heterocycles. The summed E-state index contributed by atoms with van der Waals surface area (Å²) in [6, 6.07) is 0. The van der Waals surface area contributed by atoms with Crippen molar-refractivity contribution in [2.45, 2.75) is 0 Å². The Balaban J connectivity index is 2.17. The van der Waals surface area contributed by atoms with E-state index >= 15 is 0 Å². The Morgan fingerprint density at radius 1 is 0.867 bits per heavy atom. The van der Waals surface area contributed by atoms with Crippen LogP contribution in [0.25, 0.3) is 0 Å². The van der Waals surface area contributed by atoms with Crippen LogP contribution in [0.2, 0.25) is 0 Å². The second kappa shape index (κ2) is 4.91. The van der Waals surface area contributed by atoms with E-state index in [1.165, 1.54) is 0 Å². The SMILES string of the molecule is O=P1(O)N2CCNCCN1CCNCC2. The Kier molecular flexibility index (Phi) is 3.77. The van der Waals surface area contributed by atoms with Crippen molar-refractivity contribution in [3.8, 4) is 0 Å². The van der Waals surface area contributed by atoms with E-state index in [4.69, 9.17) is 0 Å². The minimum absolute atomic E-state index is 0.645. The number of nitrogens with zero attached hydrogens (tertiary/aromatic N) is 2. The molecule has 15 heavy (non-hydrogen) atoms. The Labute approximate surface area is 90.2 Å². The zero-order valence-electron chi connectivity index (χ0n) is 8.85. The molecule has 0 aliphatic carbocycles. The van der Waals surface area contributed by atoms with Crippen molar-refractivity contribution in [1.82, 2.24) is 20.0 Å². The van der Waals surface area contributed by atoms with Crippen molar-refractivity contribution >= 4 is 7.67 Å². The summed E-state index contributed by atoms with van der Waals surface area (Å²) in [4.78, 5) is 10.1. The maximum Gasteiger partial charge on any atom is 0.343 e. The monoisotopic (exact) mass is 234 g/mol. The Hall–Kier alpha value is 0.0300. The van der Waals surface area contributed by atoms with Crippen LogP contribution in [-0.4, -0.2) is 66.6 Å². The molecule has 0 aromatic rings. The average Bonchev–Trinajstić information content (AvgIpc) is 2.15. The molecule has 2 bridgehead atoms. The quantitative estimate of drug-likeness (QED) is 0.462. The average molecular weight is 234 g/mol. The molecule has 88 valence electrons. The van der Waals surface area contributed by atoms with Crippen LogP contribution in [0.4, 0.5) is 0 Å². The van der Waals surface area contributed by atoms with Crippen LogP contribution in [0, 0.1) is 0 Å². The van der Waals surface area contributed by atoms with E-state index in [2.05, 4.69) is 10.6 Å². The number of fused-ring (bicyclic) bond motifs is 2. The van der Waals surface area contributed by atoms with Crippen molar-refractivity contribution in [2.75, 3.05) is 52.4 Å². The molecule has 0 radical (unpaired) electrons. The molecule has 0 atom stereocenters. The van der Waals surface area contributed by atoms with Crippen LogP contribution in [0.5, 0.6) is 0 Å². The van der Waals surface area contributed by atoms with Gasteiger partial charge in [-0.15, -0.1) is 0 Å². The molecule has 0 saturated carbocycles. The van der Waals surface area contributed by atoms with Crippen molar-refractivity contribution in [3.63, 3.8) is 0 Å². The minimum atomic E-state index is -3.26. The summed E-state index contributed by atoms with van der Waals surface area (Å²) in [5, 5.41) is 6.53. The zero-order valence-corrected chi connectivity index (χ0v) is 9.75. The Morgan fingerprint density at radius 3 is 1.53 bits per heavy atom. The van der Waals surface area contributed by atoms with Crippen LogP contribution < -0.4 is 10.6 Å². The third-order valence-electron chi connectivity index (χ3n) is 2.92. The van der Waals surface area contributed by atoms with Gasteiger partial charge in [-0.05, 0) is 0 Å². The maximum atomic E-state index is 12.3. The third kappa shape index (κ3) is 2.58. The molecule has 0 unspecified atom stereocenters. The summed E-state index contributed by atoms with van der Waals surface area (Å²) in [6.45, 7) is 5.74. The fourth-order valence-corrected chi connectivity index (χ4v) is 3.81. The fourth-order valence-electron chi connectivity index (χ4n) is 2.01. The van der Waals surface area contributed by atoms with Crippen molar-refractivity contribution < 1.29 is 9.46 Å². The summed E-state index contributed by atoms with van der Waals surface area (Å²) in [7, 11) is -3.26. The lowest BCUT2D eigenvalue weighted by Gasteiger charge is -2.38. The van der Waals surface area contributed by atoms with Gasteiger partial charge >= 0.3 is 7.67 Å². The molecule has 2 heterocycles. The first-order valence-electron chi connectivity index (χ1n) is 5.46. The number of rotatable bonds is 0. The number of hydrogen-bond acceptors (Lipinski definition) is 3. The van der Waals surface area contributed by atoms with Crippen LogP contribution in [-0.2, 0) is 4.57 Å². The molecular formula is C8H19N4O2P. The van der Waals surface area contributed by atoms with Crippen molar-refractivity contribution in [3.05, 3.63) is 0 Å². The summed E-state index contributed by atoms with van der Waals surface area (Å²) in [6.07, 6.45) is 0. The zero-order chi connectivity index (χ0) is 10.7. The summed E-state index contributed by atoms with van der Waals surface area (Å²) in [5.74, 6) is 0. The van der Waals surface area contributed by atoms with Gasteiger partial charge in [-0.25, -0.2) is 9.34 Å². The van der Waals surface area contributed by atoms with Gasteiger partial charge in [-0.3, -0.25) is 4.57 Å². The van der Waals surface area contributed by atoms with E-state index in [0.29, 0.717) is 26.2 Å². The molecule has 2 rings (SSSR count). The molecule has 0 aromatic heterocycles. The second-order valence-electron chi connectivity index (χ2n) is 3.92. The molecule has 2 aliphatic heterocycles. The van der Waals surface area contributed by atoms with E-state index in [1.807, 2.05) is 0 Å². The lowest BCUT2D eigenvalue weighted by Crippen LogP contribution is -2.48. The molecule has 0 amide bonds. The third-order valence-corrected chi connectivity index (χ3v) is 5.20. The second-order valence-corrected chi connectivity index (χ2v) is 6.08. The minimum Gasteiger partial charge on any atom is -0.322 e. The van der Waals surface area contributed by atoms with E-state index in [-0.39, 0.29) is 0 Å². The first-order valence-corrected chi connectivity index (χ1v) is 7.03. The molecule has 2 fully saturated rings. The lowest BCUT2D eigenvalue weighted by atomic mass is 10.4. The predicted molar refractivity (Wildman–Crippen MR) is 58.7 cm³/mol. The maximum absolute atomic E-state index is 12.3. The Bertz CT molecular complexity index is 229. The van der Waals surface area contributed by atoms with Gasteiger partial charge in [0.1, 0.15) is 0 Å². The molecule has 0 spiro atoms. The van der Waals surface area contributed by atoms with Crippen molar-refractivity contribution in [1.29, 1.82) is 0 Å². The highest BCUT2D eigenvalue weighted by Crippen LogP contribution is 2.48. The van der Waals surface area contributed by atoms with Gasteiger partial charge in [0.2, 0.25) is 0 Å². The van der Waals surface area contributed by atoms with Gasteiger partial charge in [-0.1, -0.05) is 0 Å². The van der Waals surface area contributed by atoms with Crippen LogP contribution in [0.1, 0.15) is 0 Å². The van der Waals surface area contributed by atoms with Gasteiger partial charge in [0.15, 0.2) is 0 Å². The smallest absolute Gasteiger partial charge is 0.322 e. The summed E-state index contributed by atoms with van der Waals surface area (Å²) >= 11 is 0. The van der Waals surface area contributed by atoms with E-state index in [9.17, 15) is 9.46 Å². The van der Waals surface area contributed by atoms with Gasteiger partial charge in [0.05, 0.1) is 0 Å². The summed E-state index contributed by atoms with van der Waals surface area (Å²) in [5.41, 5.74) is 0. The molecule has 7 heteroatoms. The standard InChI is InChI=1S/C8H19N4O2P/c13-15(14)11-5-1-9-2-6-12(15)8-4-10-3-7-11/h9-10H,1-8H2,(H,13,14). The topological polar surface area (TPSA) is 67.8 Å². The molecule has 3 N–H and O–H groups in total. The molecule has 2 aliphatic rings. The number of nitrogens with one attached hydrogen (secondary N) is 2. The van der Waals surface area contributed by atoms with E-state index in [1.54, 1.807) is 9.34 Å².